The van der Waals surface area contributed by atoms with Gasteiger partial charge in [0.15, 0.2) is 0 Å². The molecule has 0 radical (unpaired) electrons. The van der Waals surface area contributed by atoms with E-state index in [1.807, 2.05) is 42.5 Å². The van der Waals surface area contributed by atoms with Crippen LogP contribution in [0.1, 0.15) is 0 Å². The molecule has 0 heterocycles. The topological polar surface area (TPSA) is 79.1 Å². The molecule has 0 saturated carbocycles. The third-order valence-corrected chi connectivity index (χ3v) is 2.27. The first-order chi connectivity index (χ1) is 7.18. The summed E-state index contributed by atoms with van der Waals surface area (Å²) in [7, 11) is 0. The van der Waals surface area contributed by atoms with Gasteiger partial charge in [-0.1, -0.05) is 30.3 Å². The first kappa shape index (κ1) is 9.48. The summed E-state index contributed by atoms with van der Waals surface area (Å²) in [5.41, 5.74) is 6.01. The number of guanidine groups is 1. The highest BCUT2D eigenvalue weighted by Gasteiger charge is 2.04. The molecule has 5 N–H and O–H groups in total. The average Bonchev–Trinajstić information content (AvgIpc) is 2.27. The number of nitrogens with one attached hydrogen (secondary N) is 1. The van der Waals surface area contributed by atoms with E-state index in [-0.39, 0.29) is 5.96 Å². The van der Waals surface area contributed by atoms with Gasteiger partial charge >= 0.3 is 0 Å². The van der Waals surface area contributed by atoms with Gasteiger partial charge in [0.25, 0.3) is 0 Å². The first-order valence-electron chi connectivity index (χ1n) is 4.56. The van der Waals surface area contributed by atoms with Crippen molar-refractivity contribution in [2.24, 2.45) is 11.6 Å². The van der Waals surface area contributed by atoms with Gasteiger partial charge in [0.05, 0.1) is 5.69 Å². The molecule has 2 aromatic carbocycles. The standard InChI is InChI=1S/C11H12N4/c12-11(13)15(14)10-6-5-8-3-1-2-4-9(8)7-10/h1-7H,14H2,(H3,12,13). The maximum atomic E-state index is 7.22. The first-order valence-corrected chi connectivity index (χ1v) is 4.56. The predicted octanol–water partition coefficient (Wildman–Crippen LogP) is 1.41. The maximum absolute atomic E-state index is 7.22. The van der Waals surface area contributed by atoms with Crippen LogP contribution in [0.2, 0.25) is 0 Å². The van der Waals surface area contributed by atoms with E-state index in [1.54, 1.807) is 0 Å². The molecule has 0 aliphatic carbocycles. The van der Waals surface area contributed by atoms with Crippen LogP contribution in [-0.2, 0) is 0 Å². The maximum Gasteiger partial charge on any atom is 0.207 e. The van der Waals surface area contributed by atoms with E-state index in [4.69, 9.17) is 17.0 Å². The molecule has 0 spiro atoms. The van der Waals surface area contributed by atoms with Crippen molar-refractivity contribution in [1.82, 2.24) is 0 Å². The Kier molecular flexibility index (Phi) is 2.27. The summed E-state index contributed by atoms with van der Waals surface area (Å²) in [4.78, 5) is 0. The van der Waals surface area contributed by atoms with E-state index in [0.29, 0.717) is 5.69 Å². The zero-order chi connectivity index (χ0) is 10.8. The SMILES string of the molecule is N=C(N)N(N)c1ccc2ccccc2c1. The smallest absolute Gasteiger partial charge is 0.207 e. The number of nitrogens with zero attached hydrogens (tertiary/aromatic N) is 1. The Morgan fingerprint density at radius 2 is 1.73 bits per heavy atom. The van der Waals surface area contributed by atoms with E-state index >= 15 is 0 Å². The lowest BCUT2D eigenvalue weighted by Gasteiger charge is -2.16. The summed E-state index contributed by atoms with van der Waals surface area (Å²) in [6.45, 7) is 0. The largest absolute Gasteiger partial charge is 0.369 e. The molecule has 0 bridgehead atoms. The summed E-state index contributed by atoms with van der Waals surface area (Å²) < 4.78 is 0. The van der Waals surface area contributed by atoms with Crippen LogP contribution in [0.3, 0.4) is 0 Å². The van der Waals surface area contributed by atoms with Gasteiger partial charge in [-0.15, -0.1) is 0 Å². The second-order valence-corrected chi connectivity index (χ2v) is 3.29. The normalized spacial score (nSPS) is 10.2. The van der Waals surface area contributed by atoms with Gasteiger partial charge in [0, 0.05) is 0 Å². The molecule has 0 amide bonds. The fourth-order valence-electron chi connectivity index (χ4n) is 1.47. The van der Waals surface area contributed by atoms with E-state index in [1.165, 1.54) is 0 Å². The molecule has 0 unspecified atom stereocenters. The molecule has 2 rings (SSSR count). The average molecular weight is 200 g/mol. The minimum absolute atomic E-state index is 0.176. The lowest BCUT2D eigenvalue weighted by molar-refractivity contribution is 1.09. The lowest BCUT2D eigenvalue weighted by Crippen LogP contribution is -2.42. The van der Waals surface area contributed by atoms with Gasteiger partial charge in [0.2, 0.25) is 5.96 Å². The second-order valence-electron chi connectivity index (χ2n) is 3.29. The molecule has 0 saturated heterocycles. The molecule has 0 atom stereocenters. The zero-order valence-electron chi connectivity index (χ0n) is 8.14. The van der Waals surface area contributed by atoms with E-state index < -0.39 is 0 Å². The number of anilines is 1. The summed E-state index contributed by atoms with van der Waals surface area (Å²) in [6, 6.07) is 13.6. The summed E-state index contributed by atoms with van der Waals surface area (Å²) >= 11 is 0. The van der Waals surface area contributed by atoms with Crippen molar-refractivity contribution in [2.75, 3.05) is 5.01 Å². The number of fused-ring (bicyclic) bond motifs is 1. The molecule has 2 aromatic rings. The van der Waals surface area contributed by atoms with Crippen molar-refractivity contribution < 1.29 is 0 Å². The van der Waals surface area contributed by atoms with Gasteiger partial charge < -0.3 is 5.73 Å². The van der Waals surface area contributed by atoms with Crippen molar-refractivity contribution in [3.8, 4) is 0 Å². The summed E-state index contributed by atoms with van der Waals surface area (Å²) in [5.74, 6) is 5.44. The Bertz CT molecular complexity index is 507. The fourth-order valence-corrected chi connectivity index (χ4v) is 1.47. The molecule has 76 valence electrons. The minimum Gasteiger partial charge on any atom is -0.369 e. The van der Waals surface area contributed by atoms with Crippen LogP contribution in [0.4, 0.5) is 5.69 Å². The molecule has 4 heteroatoms. The van der Waals surface area contributed by atoms with E-state index in [0.717, 1.165) is 15.8 Å². The van der Waals surface area contributed by atoms with Gasteiger partial charge in [0.1, 0.15) is 0 Å². The van der Waals surface area contributed by atoms with Crippen LogP contribution in [-0.4, -0.2) is 5.96 Å². The Morgan fingerprint density at radius 3 is 2.40 bits per heavy atom. The highest BCUT2D eigenvalue weighted by Crippen LogP contribution is 2.20. The van der Waals surface area contributed by atoms with Gasteiger partial charge in [-0.05, 0) is 22.9 Å². The summed E-state index contributed by atoms with van der Waals surface area (Å²) in [6.07, 6.45) is 0. The number of benzene rings is 2. The van der Waals surface area contributed by atoms with Crippen LogP contribution in [0.25, 0.3) is 10.8 Å². The molecule has 0 aliphatic rings. The Labute approximate surface area is 87.6 Å². The van der Waals surface area contributed by atoms with Crippen LogP contribution >= 0.6 is 0 Å². The van der Waals surface area contributed by atoms with Crippen molar-refractivity contribution in [1.29, 1.82) is 5.41 Å². The van der Waals surface area contributed by atoms with Gasteiger partial charge in [-0.2, -0.15) is 0 Å². The number of hydrogen-bond acceptors (Lipinski definition) is 2. The van der Waals surface area contributed by atoms with Crippen LogP contribution in [0.5, 0.6) is 0 Å². The molecule has 15 heavy (non-hydrogen) atoms. The highest BCUT2D eigenvalue weighted by molar-refractivity contribution is 5.94. The number of nitrogens with two attached hydrogens (primary N) is 2. The monoisotopic (exact) mass is 200 g/mol. The molecule has 0 aliphatic heterocycles. The highest BCUT2D eigenvalue weighted by atomic mass is 15.5. The number of hydrogen-bond donors (Lipinski definition) is 3. The van der Waals surface area contributed by atoms with Crippen LogP contribution in [0.15, 0.2) is 42.5 Å². The van der Waals surface area contributed by atoms with Gasteiger partial charge in [-0.25, -0.2) is 10.9 Å². The fraction of sp³-hybridized carbons (Fsp3) is 0. The van der Waals surface area contributed by atoms with E-state index in [9.17, 15) is 0 Å². The van der Waals surface area contributed by atoms with E-state index in [2.05, 4.69) is 0 Å². The predicted molar refractivity (Wildman–Crippen MR) is 62.5 cm³/mol. The lowest BCUT2D eigenvalue weighted by atomic mass is 10.1. The Balaban J connectivity index is 2.51. The van der Waals surface area contributed by atoms with Gasteiger partial charge in [-0.3, -0.25) is 5.41 Å². The Hall–Kier alpha value is -2.07. The molecule has 4 nitrogen and oxygen atoms in total. The van der Waals surface area contributed by atoms with Crippen molar-refractivity contribution in [3.05, 3.63) is 42.5 Å². The summed E-state index contributed by atoms with van der Waals surface area (Å²) in [5, 5.41) is 10.6. The molecular formula is C11H12N4. The van der Waals surface area contributed by atoms with Crippen LogP contribution in [0, 0.1) is 5.41 Å². The van der Waals surface area contributed by atoms with Crippen LogP contribution < -0.4 is 16.6 Å². The van der Waals surface area contributed by atoms with Crippen molar-refractivity contribution in [3.63, 3.8) is 0 Å². The Morgan fingerprint density at radius 1 is 1.07 bits per heavy atom. The van der Waals surface area contributed by atoms with Crippen molar-refractivity contribution >= 4 is 22.4 Å². The third kappa shape index (κ3) is 1.75. The zero-order valence-corrected chi connectivity index (χ0v) is 8.14. The molecule has 0 fully saturated rings. The minimum atomic E-state index is -0.176. The molecular weight excluding hydrogens is 188 g/mol. The van der Waals surface area contributed by atoms with Crippen molar-refractivity contribution in [2.45, 2.75) is 0 Å². The third-order valence-electron chi connectivity index (χ3n) is 2.27. The number of rotatable bonds is 1. The second kappa shape index (κ2) is 3.59. The molecule has 0 aromatic heterocycles. The number of hydrazine groups is 1. The quantitative estimate of drug-likeness (QED) is 0.282.